The molecular formula is C16H12F3NO. The first-order valence-corrected chi connectivity index (χ1v) is 6.36. The van der Waals surface area contributed by atoms with Gasteiger partial charge in [-0.05, 0) is 37.3 Å². The van der Waals surface area contributed by atoms with E-state index in [0.29, 0.717) is 22.3 Å². The summed E-state index contributed by atoms with van der Waals surface area (Å²) in [5, 5.41) is 0.693. The molecule has 0 saturated heterocycles. The molecule has 0 radical (unpaired) electrons. The summed E-state index contributed by atoms with van der Waals surface area (Å²) in [6.07, 6.45) is 0. The van der Waals surface area contributed by atoms with Crippen LogP contribution < -0.4 is 5.73 Å². The van der Waals surface area contributed by atoms with Crippen molar-refractivity contribution in [1.29, 1.82) is 0 Å². The van der Waals surface area contributed by atoms with E-state index < -0.39 is 23.5 Å². The first kappa shape index (κ1) is 13.7. The van der Waals surface area contributed by atoms with Crippen LogP contribution in [0.2, 0.25) is 0 Å². The summed E-state index contributed by atoms with van der Waals surface area (Å²) >= 11 is 0. The van der Waals surface area contributed by atoms with Crippen molar-refractivity contribution in [2.24, 2.45) is 5.73 Å². The lowest BCUT2D eigenvalue weighted by molar-refractivity contribution is 0.501. The summed E-state index contributed by atoms with van der Waals surface area (Å²) in [5.74, 6) is -1.34. The molecule has 1 aromatic heterocycles. The molecule has 3 rings (SSSR count). The summed E-state index contributed by atoms with van der Waals surface area (Å²) in [6, 6.07) is 6.23. The first-order valence-electron chi connectivity index (χ1n) is 6.36. The van der Waals surface area contributed by atoms with Crippen LogP contribution in [0.15, 0.2) is 40.8 Å². The van der Waals surface area contributed by atoms with Crippen LogP contribution in [0.25, 0.3) is 11.0 Å². The molecule has 2 N–H and O–H groups in total. The lowest BCUT2D eigenvalue weighted by Gasteiger charge is -2.11. The van der Waals surface area contributed by atoms with Crippen molar-refractivity contribution in [2.45, 2.75) is 13.0 Å². The van der Waals surface area contributed by atoms with Gasteiger partial charge < -0.3 is 10.2 Å². The van der Waals surface area contributed by atoms with E-state index in [9.17, 15) is 13.2 Å². The predicted octanol–water partition coefficient (Wildman–Crippen LogP) is 4.21. The molecule has 5 heteroatoms. The van der Waals surface area contributed by atoms with Crippen molar-refractivity contribution < 1.29 is 17.6 Å². The number of benzene rings is 2. The molecule has 0 aliphatic heterocycles. The Morgan fingerprint density at radius 2 is 1.67 bits per heavy atom. The Morgan fingerprint density at radius 3 is 2.43 bits per heavy atom. The van der Waals surface area contributed by atoms with Crippen LogP contribution in [-0.2, 0) is 0 Å². The molecule has 3 aromatic rings. The van der Waals surface area contributed by atoms with E-state index in [4.69, 9.17) is 10.2 Å². The van der Waals surface area contributed by atoms with Crippen LogP contribution in [0, 0.1) is 24.4 Å². The lowest BCUT2D eigenvalue weighted by Crippen LogP contribution is -2.14. The molecule has 0 fully saturated rings. The topological polar surface area (TPSA) is 39.2 Å². The molecule has 1 atom stereocenters. The number of aryl methyl sites for hydroxylation is 1. The Balaban J connectivity index is 2.15. The van der Waals surface area contributed by atoms with E-state index in [2.05, 4.69) is 0 Å². The Labute approximate surface area is 119 Å². The van der Waals surface area contributed by atoms with Gasteiger partial charge in [0.1, 0.15) is 28.8 Å². The molecule has 0 aliphatic carbocycles. The van der Waals surface area contributed by atoms with Gasteiger partial charge in [-0.25, -0.2) is 13.2 Å². The number of rotatable bonds is 2. The van der Waals surface area contributed by atoms with Crippen molar-refractivity contribution >= 4 is 11.0 Å². The van der Waals surface area contributed by atoms with Gasteiger partial charge in [0.25, 0.3) is 0 Å². The maximum Gasteiger partial charge on any atom is 0.137 e. The van der Waals surface area contributed by atoms with E-state index in [0.717, 1.165) is 18.2 Å². The molecule has 0 bridgehead atoms. The summed E-state index contributed by atoms with van der Waals surface area (Å²) < 4.78 is 45.8. The van der Waals surface area contributed by atoms with Gasteiger partial charge in [0.2, 0.25) is 0 Å². The lowest BCUT2D eigenvalue weighted by atomic mass is 10.0. The maximum absolute atomic E-state index is 13.8. The minimum atomic E-state index is -0.962. The number of halogens is 3. The minimum Gasteiger partial charge on any atom is -0.459 e. The highest BCUT2D eigenvalue weighted by Gasteiger charge is 2.22. The van der Waals surface area contributed by atoms with Crippen molar-refractivity contribution in [2.75, 3.05) is 0 Å². The first-order chi connectivity index (χ1) is 9.97. The zero-order valence-electron chi connectivity index (χ0n) is 11.2. The molecule has 0 spiro atoms. The third kappa shape index (κ3) is 2.29. The van der Waals surface area contributed by atoms with Gasteiger partial charge in [0, 0.05) is 22.6 Å². The van der Waals surface area contributed by atoms with Crippen LogP contribution in [0.3, 0.4) is 0 Å². The van der Waals surface area contributed by atoms with E-state index in [1.165, 1.54) is 12.1 Å². The Kier molecular flexibility index (Phi) is 3.22. The Morgan fingerprint density at radius 1 is 1.00 bits per heavy atom. The van der Waals surface area contributed by atoms with Crippen molar-refractivity contribution in [1.82, 2.24) is 0 Å². The van der Waals surface area contributed by atoms with Gasteiger partial charge in [0.05, 0.1) is 6.04 Å². The predicted molar refractivity (Wildman–Crippen MR) is 73.3 cm³/mol. The minimum absolute atomic E-state index is 0.00220. The van der Waals surface area contributed by atoms with E-state index in [1.54, 1.807) is 13.0 Å². The molecule has 2 aromatic carbocycles. The fraction of sp³-hybridized carbons (Fsp3) is 0.125. The van der Waals surface area contributed by atoms with E-state index in [1.807, 2.05) is 0 Å². The second-order valence-corrected chi connectivity index (χ2v) is 4.88. The van der Waals surface area contributed by atoms with Gasteiger partial charge >= 0.3 is 0 Å². The molecule has 21 heavy (non-hydrogen) atoms. The quantitative estimate of drug-likeness (QED) is 0.768. The standard InChI is InChI=1S/C16H12F3NO/c1-8-11-4-2-10(18)7-14(11)21-16(8)15(20)12-6-9(17)3-5-13(12)19/h2-7,15H,20H2,1H3. The van der Waals surface area contributed by atoms with E-state index in [-0.39, 0.29) is 5.56 Å². The van der Waals surface area contributed by atoms with Crippen molar-refractivity contribution in [3.05, 3.63) is 70.7 Å². The fourth-order valence-corrected chi connectivity index (χ4v) is 2.41. The average Bonchev–Trinajstić information content (AvgIpc) is 2.77. The smallest absolute Gasteiger partial charge is 0.137 e. The zero-order chi connectivity index (χ0) is 15.1. The highest BCUT2D eigenvalue weighted by Crippen LogP contribution is 2.32. The fourth-order valence-electron chi connectivity index (χ4n) is 2.41. The molecule has 1 heterocycles. The average molecular weight is 291 g/mol. The Hall–Kier alpha value is -2.27. The summed E-state index contributed by atoms with van der Waals surface area (Å²) in [5.41, 5.74) is 7.00. The number of hydrogen-bond donors (Lipinski definition) is 1. The third-order valence-electron chi connectivity index (χ3n) is 3.51. The largest absolute Gasteiger partial charge is 0.459 e. The van der Waals surface area contributed by atoms with Gasteiger partial charge in [-0.3, -0.25) is 0 Å². The van der Waals surface area contributed by atoms with Crippen LogP contribution in [-0.4, -0.2) is 0 Å². The van der Waals surface area contributed by atoms with Gasteiger partial charge in [-0.15, -0.1) is 0 Å². The van der Waals surface area contributed by atoms with Gasteiger partial charge in [-0.2, -0.15) is 0 Å². The number of nitrogens with two attached hydrogens (primary N) is 1. The van der Waals surface area contributed by atoms with Crippen LogP contribution >= 0.6 is 0 Å². The summed E-state index contributed by atoms with van der Waals surface area (Å²) in [7, 11) is 0. The summed E-state index contributed by atoms with van der Waals surface area (Å²) in [6.45, 7) is 1.75. The second kappa shape index (κ2) is 4.93. The number of fused-ring (bicyclic) bond motifs is 1. The van der Waals surface area contributed by atoms with E-state index >= 15 is 0 Å². The molecule has 108 valence electrons. The van der Waals surface area contributed by atoms with Gasteiger partial charge in [-0.1, -0.05) is 0 Å². The Bertz CT molecular complexity index is 826. The highest BCUT2D eigenvalue weighted by molar-refractivity contribution is 5.82. The molecule has 1 unspecified atom stereocenters. The number of hydrogen-bond acceptors (Lipinski definition) is 2. The molecule has 2 nitrogen and oxygen atoms in total. The maximum atomic E-state index is 13.8. The third-order valence-corrected chi connectivity index (χ3v) is 3.51. The highest BCUT2D eigenvalue weighted by atomic mass is 19.1. The SMILES string of the molecule is Cc1c(C(N)c2cc(F)ccc2F)oc2cc(F)ccc12. The summed E-state index contributed by atoms with van der Waals surface area (Å²) in [4.78, 5) is 0. The normalized spacial score (nSPS) is 12.8. The van der Waals surface area contributed by atoms with Crippen LogP contribution in [0.1, 0.15) is 22.9 Å². The van der Waals surface area contributed by atoms with Gasteiger partial charge in [0.15, 0.2) is 0 Å². The molecular weight excluding hydrogens is 279 g/mol. The van der Waals surface area contributed by atoms with Crippen molar-refractivity contribution in [3.8, 4) is 0 Å². The monoisotopic (exact) mass is 291 g/mol. The van der Waals surface area contributed by atoms with Crippen LogP contribution in [0.4, 0.5) is 13.2 Å². The zero-order valence-corrected chi connectivity index (χ0v) is 11.2. The number of furan rings is 1. The second-order valence-electron chi connectivity index (χ2n) is 4.88. The van der Waals surface area contributed by atoms with Crippen LogP contribution in [0.5, 0.6) is 0 Å². The molecule has 0 saturated carbocycles. The van der Waals surface area contributed by atoms with Crippen molar-refractivity contribution in [3.63, 3.8) is 0 Å². The molecule has 0 aliphatic rings. The molecule has 0 amide bonds.